The van der Waals surface area contributed by atoms with Gasteiger partial charge >= 0.3 is 0 Å². The quantitative estimate of drug-likeness (QED) is 0.481. The molecule has 3 rings (SSSR count). The van der Waals surface area contributed by atoms with Crippen LogP contribution in [0.25, 0.3) is 0 Å². The molecule has 122 valence electrons. The Hall–Kier alpha value is -2.34. The van der Waals surface area contributed by atoms with Crippen LogP contribution in [-0.4, -0.2) is 0 Å². The van der Waals surface area contributed by atoms with E-state index in [1.165, 1.54) is 23.1 Å². The number of benzene rings is 3. The van der Waals surface area contributed by atoms with E-state index in [1.807, 2.05) is 0 Å². The Morgan fingerprint density at radius 1 is 0.625 bits per heavy atom. The summed E-state index contributed by atoms with van der Waals surface area (Å²) in [5, 5.41) is 0. The minimum atomic E-state index is 0.567. The molecule has 0 aliphatic rings. The van der Waals surface area contributed by atoms with E-state index in [4.69, 9.17) is 0 Å². The summed E-state index contributed by atoms with van der Waals surface area (Å²) in [6, 6.07) is 32.7. The second-order valence-corrected chi connectivity index (χ2v) is 6.71. The highest BCUT2D eigenvalue weighted by molar-refractivity contribution is 5.25. The second kappa shape index (κ2) is 8.49. The van der Waals surface area contributed by atoms with Gasteiger partial charge in [-0.2, -0.15) is 0 Å². The van der Waals surface area contributed by atoms with Crippen molar-refractivity contribution in [1.29, 1.82) is 0 Å². The third-order valence-corrected chi connectivity index (χ3v) is 4.94. The van der Waals surface area contributed by atoms with Gasteiger partial charge in [-0.05, 0) is 47.8 Å². The maximum Gasteiger partial charge on any atom is -0.00957 e. The van der Waals surface area contributed by atoms with Gasteiger partial charge < -0.3 is 0 Å². The lowest BCUT2D eigenvalue weighted by Gasteiger charge is -2.25. The van der Waals surface area contributed by atoms with E-state index in [2.05, 4.69) is 97.9 Å². The summed E-state index contributed by atoms with van der Waals surface area (Å²) in [6.45, 7) is 2.41. The van der Waals surface area contributed by atoms with Crippen LogP contribution in [0.5, 0.6) is 0 Å². The van der Waals surface area contributed by atoms with Crippen molar-refractivity contribution < 1.29 is 0 Å². The van der Waals surface area contributed by atoms with Crippen molar-refractivity contribution in [3.05, 3.63) is 108 Å². The predicted octanol–water partition coefficient (Wildman–Crippen LogP) is 6.28. The molecule has 0 heteroatoms. The predicted molar refractivity (Wildman–Crippen MR) is 103 cm³/mol. The highest BCUT2D eigenvalue weighted by Crippen LogP contribution is 2.31. The molecule has 0 spiro atoms. The summed E-state index contributed by atoms with van der Waals surface area (Å²) in [6.07, 6.45) is 3.48. The minimum absolute atomic E-state index is 0.567. The van der Waals surface area contributed by atoms with Gasteiger partial charge in [-0.1, -0.05) is 97.9 Å². The highest BCUT2D eigenvalue weighted by atomic mass is 14.2. The Kier molecular flexibility index (Phi) is 5.85. The molecule has 0 saturated carbocycles. The Balaban J connectivity index is 1.73. The molecule has 0 bridgehead atoms. The molecule has 0 saturated heterocycles. The lowest BCUT2D eigenvalue weighted by molar-refractivity contribution is 0.426. The average Bonchev–Trinajstić information content (AvgIpc) is 2.66. The molecular formula is C24H26. The maximum absolute atomic E-state index is 2.41. The van der Waals surface area contributed by atoms with Crippen LogP contribution in [0.2, 0.25) is 0 Å². The summed E-state index contributed by atoms with van der Waals surface area (Å²) in [5.74, 6) is 1.21. The van der Waals surface area contributed by atoms with Crippen LogP contribution in [0.15, 0.2) is 91.0 Å². The van der Waals surface area contributed by atoms with E-state index >= 15 is 0 Å². The minimum Gasteiger partial charge on any atom is -0.0622 e. The number of hydrogen-bond donors (Lipinski definition) is 0. The molecule has 0 aliphatic heterocycles. The average molecular weight is 314 g/mol. The van der Waals surface area contributed by atoms with Crippen LogP contribution in [0.4, 0.5) is 0 Å². The van der Waals surface area contributed by atoms with Crippen LogP contribution in [0, 0.1) is 5.92 Å². The van der Waals surface area contributed by atoms with Gasteiger partial charge in [-0.15, -0.1) is 0 Å². The van der Waals surface area contributed by atoms with Gasteiger partial charge in [0.15, 0.2) is 0 Å². The van der Waals surface area contributed by atoms with Crippen LogP contribution in [0.3, 0.4) is 0 Å². The zero-order valence-electron chi connectivity index (χ0n) is 14.4. The molecule has 24 heavy (non-hydrogen) atoms. The summed E-state index contributed by atoms with van der Waals surface area (Å²) in [5.41, 5.74) is 4.33. The Morgan fingerprint density at radius 3 is 1.71 bits per heavy atom. The molecule has 0 radical (unpaired) electrons. The Morgan fingerprint density at radius 2 is 1.12 bits per heavy atom. The summed E-state index contributed by atoms with van der Waals surface area (Å²) in [7, 11) is 0. The lowest BCUT2D eigenvalue weighted by atomic mass is 9.80. The Bertz CT molecular complexity index is 701. The molecular weight excluding hydrogens is 288 g/mol. The molecule has 0 nitrogen and oxygen atoms in total. The van der Waals surface area contributed by atoms with Gasteiger partial charge in [-0.25, -0.2) is 0 Å². The van der Waals surface area contributed by atoms with Crippen LogP contribution >= 0.6 is 0 Å². The molecule has 3 aromatic rings. The monoisotopic (exact) mass is 314 g/mol. The van der Waals surface area contributed by atoms with Gasteiger partial charge in [0.2, 0.25) is 0 Å². The van der Waals surface area contributed by atoms with E-state index < -0.39 is 0 Å². The first-order valence-corrected chi connectivity index (χ1v) is 8.96. The maximum atomic E-state index is 2.41. The SMILES string of the molecule is CC(CCc1ccccc1)C(Cc1ccccc1)c1ccccc1. The standard InChI is InChI=1S/C24H26/c1-20(17-18-21-11-5-2-6-12-21)24(23-15-9-4-10-16-23)19-22-13-7-3-8-14-22/h2-16,20,24H,17-19H2,1H3. The summed E-state index contributed by atoms with van der Waals surface area (Å²) < 4.78 is 0. The molecule has 0 aliphatic carbocycles. The molecule has 0 fully saturated rings. The van der Waals surface area contributed by atoms with Crippen molar-refractivity contribution in [2.24, 2.45) is 5.92 Å². The van der Waals surface area contributed by atoms with E-state index in [-0.39, 0.29) is 0 Å². The van der Waals surface area contributed by atoms with Crippen molar-refractivity contribution in [1.82, 2.24) is 0 Å². The first kappa shape index (κ1) is 16.5. The number of aryl methyl sites for hydroxylation is 1. The van der Waals surface area contributed by atoms with Gasteiger partial charge in [-0.3, -0.25) is 0 Å². The van der Waals surface area contributed by atoms with E-state index in [1.54, 1.807) is 0 Å². The lowest BCUT2D eigenvalue weighted by Crippen LogP contribution is -2.14. The van der Waals surface area contributed by atoms with Crippen molar-refractivity contribution in [2.45, 2.75) is 32.1 Å². The molecule has 3 aromatic carbocycles. The van der Waals surface area contributed by atoms with Crippen LogP contribution in [0.1, 0.15) is 36.0 Å². The smallest absolute Gasteiger partial charge is 0.00957 e. The molecule has 0 amide bonds. The van der Waals surface area contributed by atoms with Crippen molar-refractivity contribution >= 4 is 0 Å². The normalized spacial score (nSPS) is 13.4. The Labute approximate surface area is 146 Å². The first-order chi connectivity index (χ1) is 11.8. The largest absolute Gasteiger partial charge is 0.0622 e. The topological polar surface area (TPSA) is 0 Å². The van der Waals surface area contributed by atoms with Crippen molar-refractivity contribution in [2.75, 3.05) is 0 Å². The summed E-state index contributed by atoms with van der Waals surface area (Å²) >= 11 is 0. The van der Waals surface area contributed by atoms with Gasteiger partial charge in [0.1, 0.15) is 0 Å². The fourth-order valence-electron chi connectivity index (χ4n) is 3.46. The van der Waals surface area contributed by atoms with Gasteiger partial charge in [0, 0.05) is 0 Å². The van der Waals surface area contributed by atoms with E-state index in [9.17, 15) is 0 Å². The molecule has 2 atom stereocenters. The molecule has 0 aromatic heterocycles. The zero-order valence-corrected chi connectivity index (χ0v) is 14.4. The van der Waals surface area contributed by atoms with Gasteiger partial charge in [0.25, 0.3) is 0 Å². The van der Waals surface area contributed by atoms with Crippen molar-refractivity contribution in [3.63, 3.8) is 0 Å². The van der Waals surface area contributed by atoms with E-state index in [0.29, 0.717) is 11.8 Å². The fraction of sp³-hybridized carbons (Fsp3) is 0.250. The third-order valence-electron chi connectivity index (χ3n) is 4.94. The first-order valence-electron chi connectivity index (χ1n) is 8.96. The van der Waals surface area contributed by atoms with Crippen LogP contribution < -0.4 is 0 Å². The molecule has 0 heterocycles. The molecule has 2 unspecified atom stereocenters. The number of rotatable bonds is 7. The molecule has 0 N–H and O–H groups in total. The second-order valence-electron chi connectivity index (χ2n) is 6.71. The van der Waals surface area contributed by atoms with Gasteiger partial charge in [0.05, 0.1) is 0 Å². The zero-order chi connectivity index (χ0) is 16.6. The van der Waals surface area contributed by atoms with Crippen molar-refractivity contribution in [3.8, 4) is 0 Å². The van der Waals surface area contributed by atoms with Crippen LogP contribution in [-0.2, 0) is 12.8 Å². The number of hydrogen-bond acceptors (Lipinski definition) is 0. The fourth-order valence-corrected chi connectivity index (χ4v) is 3.46. The highest BCUT2D eigenvalue weighted by Gasteiger charge is 2.19. The summed E-state index contributed by atoms with van der Waals surface area (Å²) in [4.78, 5) is 0. The third kappa shape index (κ3) is 4.58. The van der Waals surface area contributed by atoms with E-state index in [0.717, 1.165) is 12.8 Å².